The minimum Gasteiger partial charge on any atom is -0.497 e. The van der Waals surface area contributed by atoms with Gasteiger partial charge in [-0.2, -0.15) is 0 Å². The van der Waals surface area contributed by atoms with E-state index in [4.69, 9.17) is 4.74 Å². The Balaban J connectivity index is 1.91. The molecule has 0 fully saturated rings. The fraction of sp³-hybridized carbons (Fsp3) is 0.316. The number of carbonyl (C=O) groups is 1. The molecule has 0 aliphatic heterocycles. The van der Waals surface area contributed by atoms with E-state index in [2.05, 4.69) is 24.5 Å². The zero-order valence-electron chi connectivity index (χ0n) is 13.9. The molecule has 1 unspecified atom stereocenters. The van der Waals surface area contributed by atoms with Gasteiger partial charge in [0.25, 0.3) is 0 Å². The first kappa shape index (κ1) is 16.9. The van der Waals surface area contributed by atoms with Gasteiger partial charge >= 0.3 is 6.03 Å². The Bertz CT molecular complexity index is 609. The molecule has 0 saturated carbocycles. The van der Waals surface area contributed by atoms with Gasteiger partial charge in [0.05, 0.1) is 13.2 Å². The largest absolute Gasteiger partial charge is 0.497 e. The highest BCUT2D eigenvalue weighted by molar-refractivity contribution is 5.74. The normalized spacial score (nSPS) is 11.8. The van der Waals surface area contributed by atoms with Crippen molar-refractivity contribution >= 4 is 6.03 Å². The number of hydrogen-bond donors (Lipinski definition) is 2. The molecule has 2 N–H and O–H groups in total. The standard InChI is InChI=1S/C19H24N2O2/c1-14(2)18(16-7-5-4-6-8-16)21-19(22)20-13-15-9-11-17(23-3)12-10-15/h4-12,14,18H,13H2,1-3H3,(H2,20,21,22). The highest BCUT2D eigenvalue weighted by Crippen LogP contribution is 2.21. The van der Waals surface area contributed by atoms with Crippen LogP contribution in [0.15, 0.2) is 54.6 Å². The van der Waals surface area contributed by atoms with Gasteiger partial charge in [-0.05, 0) is 29.2 Å². The third kappa shape index (κ3) is 5.02. The number of methoxy groups -OCH3 is 1. The van der Waals surface area contributed by atoms with Gasteiger partial charge in [-0.1, -0.05) is 56.3 Å². The zero-order chi connectivity index (χ0) is 16.7. The lowest BCUT2D eigenvalue weighted by molar-refractivity contribution is 0.232. The predicted molar refractivity (Wildman–Crippen MR) is 92.4 cm³/mol. The predicted octanol–water partition coefficient (Wildman–Crippen LogP) is 3.89. The van der Waals surface area contributed by atoms with Crippen LogP contribution in [0.4, 0.5) is 4.79 Å². The van der Waals surface area contributed by atoms with E-state index in [0.717, 1.165) is 16.9 Å². The molecule has 4 heteroatoms. The second-order valence-electron chi connectivity index (χ2n) is 5.81. The van der Waals surface area contributed by atoms with Gasteiger partial charge in [0.15, 0.2) is 0 Å². The second-order valence-corrected chi connectivity index (χ2v) is 5.81. The molecule has 0 saturated heterocycles. The lowest BCUT2D eigenvalue weighted by Crippen LogP contribution is -2.39. The summed E-state index contributed by atoms with van der Waals surface area (Å²) < 4.78 is 5.12. The van der Waals surface area contributed by atoms with Gasteiger partial charge in [-0.15, -0.1) is 0 Å². The van der Waals surface area contributed by atoms with Gasteiger partial charge in [-0.3, -0.25) is 0 Å². The lowest BCUT2D eigenvalue weighted by Gasteiger charge is -2.23. The molecule has 2 amide bonds. The minimum absolute atomic E-state index is 0.00735. The molecule has 0 radical (unpaired) electrons. The third-order valence-corrected chi connectivity index (χ3v) is 3.72. The SMILES string of the molecule is COc1ccc(CNC(=O)NC(c2ccccc2)C(C)C)cc1. The van der Waals surface area contributed by atoms with Gasteiger partial charge in [0, 0.05) is 6.54 Å². The number of hydrogen-bond acceptors (Lipinski definition) is 2. The first-order valence-electron chi connectivity index (χ1n) is 7.82. The topological polar surface area (TPSA) is 50.4 Å². The lowest BCUT2D eigenvalue weighted by atomic mass is 9.96. The molecule has 0 bridgehead atoms. The number of urea groups is 1. The molecule has 122 valence electrons. The van der Waals surface area contributed by atoms with Crippen molar-refractivity contribution < 1.29 is 9.53 Å². The molecule has 23 heavy (non-hydrogen) atoms. The molecule has 0 spiro atoms. The summed E-state index contributed by atoms with van der Waals surface area (Å²) in [5.41, 5.74) is 2.14. The van der Waals surface area contributed by atoms with Crippen LogP contribution in [0.2, 0.25) is 0 Å². The van der Waals surface area contributed by atoms with Gasteiger partial charge in [0.1, 0.15) is 5.75 Å². The van der Waals surface area contributed by atoms with Crippen LogP contribution >= 0.6 is 0 Å². The number of carbonyl (C=O) groups excluding carboxylic acids is 1. The molecule has 2 aromatic carbocycles. The maximum atomic E-state index is 12.2. The van der Waals surface area contributed by atoms with E-state index in [1.165, 1.54) is 0 Å². The summed E-state index contributed by atoms with van der Waals surface area (Å²) in [6.07, 6.45) is 0. The van der Waals surface area contributed by atoms with Crippen molar-refractivity contribution in [2.24, 2.45) is 5.92 Å². The summed E-state index contributed by atoms with van der Waals surface area (Å²) in [4.78, 5) is 12.2. The fourth-order valence-electron chi connectivity index (χ4n) is 2.41. The van der Waals surface area contributed by atoms with Crippen molar-refractivity contribution in [2.75, 3.05) is 7.11 Å². The van der Waals surface area contributed by atoms with Crippen LogP contribution < -0.4 is 15.4 Å². The van der Waals surface area contributed by atoms with Crippen molar-refractivity contribution in [2.45, 2.75) is 26.4 Å². The quantitative estimate of drug-likeness (QED) is 0.850. The number of nitrogens with one attached hydrogen (secondary N) is 2. The van der Waals surface area contributed by atoms with E-state index in [0.29, 0.717) is 12.5 Å². The molecule has 0 heterocycles. The Morgan fingerprint density at radius 3 is 2.26 bits per heavy atom. The van der Waals surface area contributed by atoms with Crippen LogP contribution in [-0.2, 0) is 6.54 Å². The Morgan fingerprint density at radius 2 is 1.70 bits per heavy atom. The van der Waals surface area contributed by atoms with Gasteiger partial charge < -0.3 is 15.4 Å². The van der Waals surface area contributed by atoms with Crippen molar-refractivity contribution in [3.63, 3.8) is 0 Å². The highest BCUT2D eigenvalue weighted by atomic mass is 16.5. The Morgan fingerprint density at radius 1 is 1.04 bits per heavy atom. The summed E-state index contributed by atoms with van der Waals surface area (Å²) >= 11 is 0. The number of amides is 2. The first-order chi connectivity index (χ1) is 11.1. The summed E-state index contributed by atoms with van der Waals surface area (Å²) in [7, 11) is 1.64. The molecule has 1 atom stereocenters. The van der Waals surface area contributed by atoms with Crippen molar-refractivity contribution in [3.8, 4) is 5.75 Å². The Kier molecular flexibility index (Phi) is 6.03. The average molecular weight is 312 g/mol. The summed E-state index contributed by atoms with van der Waals surface area (Å²) in [5, 5.41) is 5.95. The molecule has 2 aromatic rings. The van der Waals surface area contributed by atoms with E-state index < -0.39 is 0 Å². The molecule has 0 aromatic heterocycles. The zero-order valence-corrected chi connectivity index (χ0v) is 13.9. The molecular formula is C19H24N2O2. The molecule has 0 aliphatic rings. The van der Waals surface area contributed by atoms with Crippen LogP contribution in [0.5, 0.6) is 5.75 Å². The van der Waals surface area contributed by atoms with Crippen LogP contribution in [0.3, 0.4) is 0 Å². The van der Waals surface area contributed by atoms with Crippen LogP contribution in [0, 0.1) is 5.92 Å². The van der Waals surface area contributed by atoms with Crippen LogP contribution in [0.25, 0.3) is 0 Å². The van der Waals surface area contributed by atoms with E-state index in [9.17, 15) is 4.79 Å². The van der Waals surface area contributed by atoms with Crippen molar-refractivity contribution in [1.29, 1.82) is 0 Å². The fourth-order valence-corrected chi connectivity index (χ4v) is 2.41. The highest BCUT2D eigenvalue weighted by Gasteiger charge is 2.17. The van der Waals surface area contributed by atoms with Gasteiger partial charge in [-0.25, -0.2) is 4.79 Å². The number of benzene rings is 2. The third-order valence-electron chi connectivity index (χ3n) is 3.72. The monoisotopic (exact) mass is 312 g/mol. The Labute approximate surface area is 137 Å². The van der Waals surface area contributed by atoms with Gasteiger partial charge in [0.2, 0.25) is 0 Å². The molecule has 2 rings (SSSR count). The average Bonchev–Trinajstić information content (AvgIpc) is 2.58. The first-order valence-corrected chi connectivity index (χ1v) is 7.82. The van der Waals surface area contributed by atoms with E-state index >= 15 is 0 Å². The maximum absolute atomic E-state index is 12.2. The van der Waals surface area contributed by atoms with E-state index in [1.54, 1.807) is 7.11 Å². The van der Waals surface area contributed by atoms with Crippen LogP contribution in [-0.4, -0.2) is 13.1 Å². The number of ether oxygens (including phenoxy) is 1. The summed E-state index contributed by atoms with van der Waals surface area (Å²) in [5.74, 6) is 1.12. The van der Waals surface area contributed by atoms with E-state index in [-0.39, 0.29) is 12.1 Å². The van der Waals surface area contributed by atoms with E-state index in [1.807, 2.05) is 54.6 Å². The van der Waals surface area contributed by atoms with Crippen molar-refractivity contribution in [3.05, 3.63) is 65.7 Å². The second kappa shape index (κ2) is 8.22. The number of rotatable bonds is 6. The molecule has 0 aliphatic carbocycles. The summed E-state index contributed by atoms with van der Waals surface area (Å²) in [6, 6.07) is 17.5. The summed E-state index contributed by atoms with van der Waals surface area (Å²) in [6.45, 7) is 4.68. The smallest absolute Gasteiger partial charge is 0.315 e. The molecule has 4 nitrogen and oxygen atoms in total. The maximum Gasteiger partial charge on any atom is 0.315 e. The Hall–Kier alpha value is -2.49. The van der Waals surface area contributed by atoms with Crippen molar-refractivity contribution in [1.82, 2.24) is 10.6 Å². The van der Waals surface area contributed by atoms with Crippen LogP contribution in [0.1, 0.15) is 31.0 Å². The molecular weight excluding hydrogens is 288 g/mol. The minimum atomic E-state index is -0.164.